The largest absolute Gasteiger partial charge is 0.506 e. The third kappa shape index (κ3) is 7.20. The van der Waals surface area contributed by atoms with Crippen LogP contribution in [0.25, 0.3) is 0 Å². The van der Waals surface area contributed by atoms with Crippen LogP contribution in [0.15, 0.2) is 76.5 Å². The SMILES string of the molecule is Cc1ccc(S(=O)(=O)Nc2cc(N(P(=O)(OC(C)C)OC(C)C)S(=O)(=O)c3ccc(C)cc3)ccc2O)cc1. The molecular weight excluding hydrogens is 563 g/mol. The maximum absolute atomic E-state index is 14.3. The Morgan fingerprint density at radius 1 is 0.769 bits per heavy atom. The lowest BCUT2D eigenvalue weighted by Gasteiger charge is -2.33. The van der Waals surface area contributed by atoms with E-state index in [-0.39, 0.29) is 21.2 Å². The second-order valence-electron chi connectivity index (χ2n) is 9.46. The van der Waals surface area contributed by atoms with Crippen LogP contribution in [-0.4, -0.2) is 34.2 Å². The maximum atomic E-state index is 14.3. The highest BCUT2D eigenvalue weighted by molar-refractivity contribution is 7.99. The summed E-state index contributed by atoms with van der Waals surface area (Å²) in [6.07, 6.45) is -1.41. The summed E-state index contributed by atoms with van der Waals surface area (Å²) in [4.78, 5) is -0.262. The summed E-state index contributed by atoms with van der Waals surface area (Å²) in [7, 11) is -13.4. The normalized spacial score (nSPS) is 12.6. The molecular formula is C26H33N2O8PS2. The Morgan fingerprint density at radius 3 is 1.69 bits per heavy atom. The van der Waals surface area contributed by atoms with Gasteiger partial charge in [0.1, 0.15) is 5.75 Å². The third-order valence-corrected chi connectivity index (χ3v) is 11.4. The molecule has 13 heteroatoms. The first-order valence-electron chi connectivity index (χ1n) is 12.1. The predicted molar refractivity (Wildman–Crippen MR) is 151 cm³/mol. The van der Waals surface area contributed by atoms with E-state index in [4.69, 9.17) is 9.05 Å². The van der Waals surface area contributed by atoms with Gasteiger partial charge in [0, 0.05) is 0 Å². The summed E-state index contributed by atoms with van der Waals surface area (Å²) in [5.74, 6) is -0.480. The number of aryl methyl sites for hydroxylation is 2. The van der Waals surface area contributed by atoms with E-state index in [2.05, 4.69) is 4.72 Å². The lowest BCUT2D eigenvalue weighted by Crippen LogP contribution is -2.32. The topological polar surface area (TPSA) is 139 Å². The van der Waals surface area contributed by atoms with E-state index in [9.17, 15) is 26.5 Å². The molecule has 0 radical (unpaired) electrons. The van der Waals surface area contributed by atoms with Gasteiger partial charge in [-0.25, -0.2) is 21.4 Å². The molecule has 2 N–H and O–H groups in total. The van der Waals surface area contributed by atoms with Gasteiger partial charge in [0.2, 0.25) is 0 Å². The van der Waals surface area contributed by atoms with Crippen LogP contribution in [0.2, 0.25) is 0 Å². The van der Waals surface area contributed by atoms with Gasteiger partial charge < -0.3 is 5.11 Å². The second kappa shape index (κ2) is 11.7. The molecule has 3 aromatic rings. The van der Waals surface area contributed by atoms with E-state index in [1.165, 1.54) is 30.3 Å². The summed E-state index contributed by atoms with van der Waals surface area (Å²) in [5.41, 5.74) is 1.07. The van der Waals surface area contributed by atoms with Gasteiger partial charge in [-0.1, -0.05) is 35.4 Å². The number of hydrogen-bond acceptors (Lipinski definition) is 8. The number of phenols is 1. The number of phenolic OH excluding ortho intramolecular Hbond substituents is 1. The van der Waals surface area contributed by atoms with E-state index in [0.29, 0.717) is 4.08 Å². The first kappa shape index (κ1) is 30.6. The van der Waals surface area contributed by atoms with Crippen molar-refractivity contribution in [3.8, 4) is 5.75 Å². The molecule has 0 saturated carbocycles. The Bertz CT molecular complexity index is 1560. The van der Waals surface area contributed by atoms with Crippen LogP contribution >= 0.6 is 7.75 Å². The number of hydrogen-bond donors (Lipinski definition) is 2. The highest BCUT2D eigenvalue weighted by atomic mass is 32.2. The van der Waals surface area contributed by atoms with Gasteiger partial charge in [-0.05, 0) is 84.0 Å². The molecule has 0 heterocycles. The van der Waals surface area contributed by atoms with Gasteiger partial charge >= 0.3 is 7.75 Å². The number of nitrogens with one attached hydrogen (secondary N) is 1. The van der Waals surface area contributed by atoms with Crippen molar-refractivity contribution in [2.24, 2.45) is 0 Å². The van der Waals surface area contributed by atoms with E-state index in [1.807, 2.05) is 0 Å². The molecule has 212 valence electrons. The van der Waals surface area contributed by atoms with Crippen LogP contribution in [0.5, 0.6) is 5.75 Å². The monoisotopic (exact) mass is 596 g/mol. The number of aromatic hydroxyl groups is 1. The molecule has 0 amide bonds. The average Bonchev–Trinajstić information content (AvgIpc) is 2.80. The zero-order valence-electron chi connectivity index (χ0n) is 22.5. The van der Waals surface area contributed by atoms with E-state index < -0.39 is 45.8 Å². The molecule has 0 atom stereocenters. The molecule has 0 unspecified atom stereocenters. The first-order valence-corrected chi connectivity index (χ1v) is 16.5. The third-order valence-electron chi connectivity index (χ3n) is 5.23. The lowest BCUT2D eigenvalue weighted by molar-refractivity contribution is 0.143. The van der Waals surface area contributed by atoms with Gasteiger partial charge in [-0.3, -0.25) is 13.8 Å². The van der Waals surface area contributed by atoms with Crippen molar-refractivity contribution in [3.05, 3.63) is 77.9 Å². The molecule has 0 aliphatic carbocycles. The van der Waals surface area contributed by atoms with Crippen molar-refractivity contribution in [2.45, 2.75) is 63.5 Å². The van der Waals surface area contributed by atoms with Crippen molar-refractivity contribution in [3.63, 3.8) is 0 Å². The van der Waals surface area contributed by atoms with Gasteiger partial charge in [-0.15, -0.1) is 0 Å². The second-order valence-corrected chi connectivity index (χ2v) is 15.0. The lowest BCUT2D eigenvalue weighted by atomic mass is 10.2. The molecule has 39 heavy (non-hydrogen) atoms. The molecule has 0 saturated heterocycles. The number of sulfonamides is 2. The first-order chi connectivity index (χ1) is 18.0. The van der Waals surface area contributed by atoms with Gasteiger partial charge in [-0.2, -0.15) is 4.08 Å². The Balaban J connectivity index is 2.22. The minimum absolute atomic E-state index is 0.0704. The van der Waals surface area contributed by atoms with E-state index in [0.717, 1.165) is 23.3 Å². The van der Waals surface area contributed by atoms with Crippen molar-refractivity contribution in [2.75, 3.05) is 8.80 Å². The molecule has 0 spiro atoms. The molecule has 3 rings (SSSR count). The van der Waals surface area contributed by atoms with Crippen LogP contribution in [0.3, 0.4) is 0 Å². The summed E-state index contributed by atoms with van der Waals surface area (Å²) in [6.45, 7) is 9.89. The molecule has 3 aromatic carbocycles. The fourth-order valence-electron chi connectivity index (χ4n) is 3.51. The number of rotatable bonds is 11. The van der Waals surface area contributed by atoms with Crippen molar-refractivity contribution >= 4 is 39.2 Å². The molecule has 0 aliphatic rings. The summed E-state index contributed by atoms with van der Waals surface area (Å²) >= 11 is 0. The minimum atomic E-state index is -4.63. The van der Waals surface area contributed by atoms with Crippen LogP contribution in [0.4, 0.5) is 11.4 Å². The fourth-order valence-corrected chi connectivity index (χ4v) is 8.91. The Labute approximate surface area is 230 Å². The highest BCUT2D eigenvalue weighted by Crippen LogP contribution is 2.59. The molecule has 0 aliphatic heterocycles. The summed E-state index contributed by atoms with van der Waals surface area (Å²) < 4.78 is 82.3. The van der Waals surface area contributed by atoms with E-state index >= 15 is 0 Å². The highest BCUT2D eigenvalue weighted by Gasteiger charge is 2.45. The van der Waals surface area contributed by atoms with Crippen LogP contribution in [0, 0.1) is 13.8 Å². The summed E-state index contributed by atoms with van der Waals surface area (Å²) in [6, 6.07) is 15.2. The standard InChI is InChI=1S/C26H33N2O8PS2/c1-18(2)35-37(30,36-19(3)4)28(39(33,34)24-14-9-21(6)10-15-24)22-11-16-26(29)25(17-22)27-38(31,32)23-12-7-20(5)8-13-23/h7-19,27,29H,1-6H3. The van der Waals surface area contributed by atoms with Crippen molar-refractivity contribution in [1.82, 2.24) is 0 Å². The number of nitrogens with zero attached hydrogens (tertiary/aromatic N) is 1. The quantitative estimate of drug-likeness (QED) is 0.204. The Morgan fingerprint density at radius 2 is 1.23 bits per heavy atom. The fraction of sp³-hybridized carbons (Fsp3) is 0.308. The van der Waals surface area contributed by atoms with E-state index in [1.54, 1.807) is 65.8 Å². The maximum Gasteiger partial charge on any atom is 0.449 e. The van der Waals surface area contributed by atoms with Gasteiger partial charge in [0.15, 0.2) is 0 Å². The minimum Gasteiger partial charge on any atom is -0.506 e. The van der Waals surface area contributed by atoms with Crippen LogP contribution in [-0.2, 0) is 33.7 Å². The summed E-state index contributed by atoms with van der Waals surface area (Å²) in [5, 5.41) is 10.5. The molecule has 0 fully saturated rings. The van der Waals surface area contributed by atoms with Crippen LogP contribution in [0.1, 0.15) is 38.8 Å². The van der Waals surface area contributed by atoms with Gasteiger partial charge in [0.05, 0.1) is 33.4 Å². The zero-order chi connectivity index (χ0) is 29.2. The Hall–Kier alpha value is -2.89. The van der Waals surface area contributed by atoms with Crippen molar-refractivity contribution in [1.29, 1.82) is 0 Å². The molecule has 10 nitrogen and oxygen atoms in total. The van der Waals surface area contributed by atoms with Crippen LogP contribution < -0.4 is 8.80 Å². The molecule has 0 aromatic heterocycles. The zero-order valence-corrected chi connectivity index (χ0v) is 25.0. The van der Waals surface area contributed by atoms with Gasteiger partial charge in [0.25, 0.3) is 20.0 Å². The smallest absolute Gasteiger partial charge is 0.449 e. The number of benzene rings is 3. The Kier molecular flexibility index (Phi) is 9.19. The average molecular weight is 597 g/mol. The predicted octanol–water partition coefficient (Wildman–Crippen LogP) is 5.96. The number of anilines is 2. The van der Waals surface area contributed by atoms with Crippen molar-refractivity contribution < 1.29 is 35.6 Å². The molecule has 0 bridgehead atoms.